The minimum absolute atomic E-state index is 0.202. The van der Waals surface area contributed by atoms with E-state index in [0.717, 1.165) is 24.0 Å². The van der Waals surface area contributed by atoms with Crippen LogP contribution >= 0.6 is 0 Å². The fourth-order valence-electron chi connectivity index (χ4n) is 2.68. The van der Waals surface area contributed by atoms with Crippen molar-refractivity contribution in [2.45, 2.75) is 58.7 Å². The number of ether oxygens (including phenoxy) is 1. The molecular weight excluding hydrogens is 295 g/mol. The van der Waals surface area contributed by atoms with Crippen LogP contribution in [0, 0.1) is 12.7 Å². The summed E-state index contributed by atoms with van der Waals surface area (Å²) < 4.78 is 18.7. The molecule has 1 amide bonds. The molecule has 0 spiro atoms. The molecular formula is C18H27FN2O2. The number of likely N-dealkylation sites (tertiary alicyclic amines) is 1. The van der Waals surface area contributed by atoms with E-state index in [1.54, 1.807) is 17.0 Å². The van der Waals surface area contributed by atoms with Crippen molar-refractivity contribution in [3.05, 3.63) is 35.1 Å². The number of carbonyl (C=O) groups excluding carboxylic acids is 1. The summed E-state index contributed by atoms with van der Waals surface area (Å²) in [6.45, 7) is 9.65. The van der Waals surface area contributed by atoms with Crippen molar-refractivity contribution >= 4 is 6.09 Å². The second kappa shape index (κ2) is 7.30. The molecule has 23 heavy (non-hydrogen) atoms. The smallest absolute Gasteiger partial charge is 0.410 e. The lowest BCUT2D eigenvalue weighted by Gasteiger charge is -2.33. The zero-order valence-corrected chi connectivity index (χ0v) is 14.5. The van der Waals surface area contributed by atoms with E-state index in [1.165, 1.54) is 6.07 Å². The van der Waals surface area contributed by atoms with Crippen molar-refractivity contribution < 1.29 is 13.9 Å². The number of rotatable bonds is 3. The molecule has 1 aromatic carbocycles. The Hall–Kier alpha value is -1.62. The summed E-state index contributed by atoms with van der Waals surface area (Å²) in [6.07, 6.45) is 1.53. The van der Waals surface area contributed by atoms with Gasteiger partial charge in [0.15, 0.2) is 0 Å². The Morgan fingerprint density at radius 3 is 2.61 bits per heavy atom. The molecule has 128 valence electrons. The summed E-state index contributed by atoms with van der Waals surface area (Å²) >= 11 is 0. The maximum Gasteiger partial charge on any atom is 0.410 e. The molecule has 0 saturated carbocycles. The SMILES string of the molecule is Cc1ccc(F)cc1CNC1CCN(C(=O)OC(C)(C)C)CC1. The second-order valence-electron chi connectivity index (χ2n) is 7.19. The molecule has 1 saturated heterocycles. The first-order valence-electron chi connectivity index (χ1n) is 8.21. The zero-order chi connectivity index (χ0) is 17.0. The Morgan fingerprint density at radius 1 is 1.35 bits per heavy atom. The van der Waals surface area contributed by atoms with Crippen LogP contribution in [0.15, 0.2) is 18.2 Å². The van der Waals surface area contributed by atoms with E-state index in [1.807, 2.05) is 27.7 Å². The molecule has 0 unspecified atom stereocenters. The summed E-state index contributed by atoms with van der Waals surface area (Å²) in [5.41, 5.74) is 1.62. The van der Waals surface area contributed by atoms with Crippen LogP contribution in [0.5, 0.6) is 0 Å². The highest BCUT2D eigenvalue weighted by molar-refractivity contribution is 5.68. The van der Waals surface area contributed by atoms with Gasteiger partial charge in [-0.3, -0.25) is 0 Å². The van der Waals surface area contributed by atoms with Gasteiger partial charge in [-0.2, -0.15) is 0 Å². The summed E-state index contributed by atoms with van der Waals surface area (Å²) in [5.74, 6) is -0.202. The first-order chi connectivity index (χ1) is 10.7. The van der Waals surface area contributed by atoms with Gasteiger partial charge in [0.05, 0.1) is 0 Å². The van der Waals surface area contributed by atoms with E-state index < -0.39 is 5.60 Å². The molecule has 1 fully saturated rings. The van der Waals surface area contributed by atoms with Crippen LogP contribution in [0.25, 0.3) is 0 Å². The molecule has 4 nitrogen and oxygen atoms in total. The summed E-state index contributed by atoms with van der Waals surface area (Å²) in [4.78, 5) is 13.8. The van der Waals surface area contributed by atoms with Gasteiger partial charge in [0.2, 0.25) is 0 Å². The Balaban J connectivity index is 1.79. The maximum absolute atomic E-state index is 13.3. The van der Waals surface area contributed by atoms with Crippen LogP contribution in [0.1, 0.15) is 44.7 Å². The van der Waals surface area contributed by atoms with E-state index in [2.05, 4.69) is 5.32 Å². The van der Waals surface area contributed by atoms with Crippen molar-refractivity contribution in [3.8, 4) is 0 Å². The normalized spacial score (nSPS) is 16.5. The van der Waals surface area contributed by atoms with Gasteiger partial charge in [0, 0.05) is 25.7 Å². The van der Waals surface area contributed by atoms with Gasteiger partial charge < -0.3 is 15.0 Å². The lowest BCUT2D eigenvalue weighted by atomic mass is 10.0. The maximum atomic E-state index is 13.3. The zero-order valence-electron chi connectivity index (χ0n) is 14.5. The topological polar surface area (TPSA) is 41.6 Å². The Labute approximate surface area is 138 Å². The number of nitrogens with one attached hydrogen (secondary N) is 1. The van der Waals surface area contributed by atoms with E-state index in [0.29, 0.717) is 25.7 Å². The highest BCUT2D eigenvalue weighted by Crippen LogP contribution is 2.16. The van der Waals surface area contributed by atoms with E-state index in [9.17, 15) is 9.18 Å². The molecule has 1 aromatic rings. The van der Waals surface area contributed by atoms with Crippen LogP contribution in [0.3, 0.4) is 0 Å². The second-order valence-corrected chi connectivity index (χ2v) is 7.19. The Morgan fingerprint density at radius 2 is 2.00 bits per heavy atom. The van der Waals surface area contributed by atoms with Gasteiger partial charge in [-0.25, -0.2) is 9.18 Å². The minimum Gasteiger partial charge on any atom is -0.444 e. The van der Waals surface area contributed by atoms with Crippen LogP contribution in [0.4, 0.5) is 9.18 Å². The summed E-state index contributed by atoms with van der Waals surface area (Å²) in [7, 11) is 0. The molecule has 1 N–H and O–H groups in total. The number of halogens is 1. The lowest BCUT2D eigenvalue weighted by Crippen LogP contribution is -2.46. The summed E-state index contributed by atoms with van der Waals surface area (Å²) in [5, 5.41) is 3.47. The molecule has 5 heteroatoms. The van der Waals surface area contributed by atoms with Gasteiger partial charge in [-0.15, -0.1) is 0 Å². The van der Waals surface area contributed by atoms with Crippen molar-refractivity contribution in [1.29, 1.82) is 0 Å². The average molecular weight is 322 g/mol. The lowest BCUT2D eigenvalue weighted by molar-refractivity contribution is 0.0198. The fraction of sp³-hybridized carbons (Fsp3) is 0.611. The van der Waals surface area contributed by atoms with Crippen molar-refractivity contribution in [2.75, 3.05) is 13.1 Å². The van der Waals surface area contributed by atoms with Gasteiger partial charge in [-0.05, 0) is 63.8 Å². The van der Waals surface area contributed by atoms with Crippen molar-refractivity contribution in [3.63, 3.8) is 0 Å². The first-order valence-corrected chi connectivity index (χ1v) is 8.21. The number of benzene rings is 1. The van der Waals surface area contributed by atoms with Crippen molar-refractivity contribution in [2.24, 2.45) is 0 Å². The molecule has 0 bridgehead atoms. The van der Waals surface area contributed by atoms with Gasteiger partial charge in [0.25, 0.3) is 0 Å². The average Bonchev–Trinajstić information content (AvgIpc) is 2.47. The van der Waals surface area contributed by atoms with Crippen LogP contribution < -0.4 is 5.32 Å². The predicted molar refractivity (Wildman–Crippen MR) is 88.8 cm³/mol. The molecule has 1 aliphatic rings. The Bertz CT molecular complexity index is 546. The first kappa shape index (κ1) is 17.7. The van der Waals surface area contributed by atoms with Gasteiger partial charge >= 0.3 is 6.09 Å². The molecule has 0 radical (unpaired) electrons. The van der Waals surface area contributed by atoms with Gasteiger partial charge in [-0.1, -0.05) is 6.07 Å². The molecule has 1 heterocycles. The summed E-state index contributed by atoms with van der Waals surface area (Å²) in [6, 6.07) is 5.21. The number of hydrogen-bond acceptors (Lipinski definition) is 3. The third-order valence-corrected chi connectivity index (χ3v) is 4.04. The van der Waals surface area contributed by atoms with Crippen molar-refractivity contribution in [1.82, 2.24) is 10.2 Å². The molecule has 0 aliphatic carbocycles. The number of aryl methyl sites for hydroxylation is 1. The quantitative estimate of drug-likeness (QED) is 0.924. The number of piperidine rings is 1. The number of amides is 1. The van der Waals surface area contributed by atoms with Crippen LogP contribution in [-0.2, 0) is 11.3 Å². The number of carbonyl (C=O) groups is 1. The molecule has 2 rings (SSSR count). The molecule has 0 atom stereocenters. The standard InChI is InChI=1S/C18H27FN2O2/c1-13-5-6-15(19)11-14(13)12-20-16-7-9-21(10-8-16)17(22)23-18(2,3)4/h5-6,11,16,20H,7-10,12H2,1-4H3. The van der Waals surface area contributed by atoms with Gasteiger partial charge in [0.1, 0.15) is 11.4 Å². The number of hydrogen-bond donors (Lipinski definition) is 1. The van der Waals surface area contributed by atoms with E-state index in [4.69, 9.17) is 4.74 Å². The fourth-order valence-corrected chi connectivity index (χ4v) is 2.68. The Kier molecular flexibility index (Phi) is 5.63. The number of nitrogens with zero attached hydrogens (tertiary/aromatic N) is 1. The van der Waals surface area contributed by atoms with Crippen LogP contribution in [-0.4, -0.2) is 35.7 Å². The largest absolute Gasteiger partial charge is 0.444 e. The third kappa shape index (κ3) is 5.50. The van der Waals surface area contributed by atoms with Crippen LogP contribution in [0.2, 0.25) is 0 Å². The van der Waals surface area contributed by atoms with E-state index in [-0.39, 0.29) is 11.9 Å². The minimum atomic E-state index is -0.457. The monoisotopic (exact) mass is 322 g/mol. The highest BCUT2D eigenvalue weighted by atomic mass is 19.1. The molecule has 1 aliphatic heterocycles. The third-order valence-electron chi connectivity index (χ3n) is 4.04. The molecule has 0 aromatic heterocycles. The highest BCUT2D eigenvalue weighted by Gasteiger charge is 2.26. The predicted octanol–water partition coefficient (Wildman–Crippen LogP) is 3.62. The van der Waals surface area contributed by atoms with E-state index >= 15 is 0 Å².